The molecule has 0 saturated heterocycles. The van der Waals surface area contributed by atoms with Gasteiger partial charge in [-0.1, -0.05) is 48.0 Å². The third kappa shape index (κ3) is 2.74. The van der Waals surface area contributed by atoms with Crippen molar-refractivity contribution in [1.82, 2.24) is 0 Å². The number of hydrogen-bond acceptors (Lipinski definition) is 3. The summed E-state index contributed by atoms with van der Waals surface area (Å²) in [4.78, 5) is 0. The van der Waals surface area contributed by atoms with E-state index in [-0.39, 0.29) is 0 Å². The van der Waals surface area contributed by atoms with Gasteiger partial charge in [-0.2, -0.15) is 0 Å². The number of halogens is 1. The van der Waals surface area contributed by atoms with Gasteiger partial charge in [0.15, 0.2) is 0 Å². The molecule has 0 bridgehead atoms. The minimum absolute atomic E-state index is 0.652. The number of hydrazine groups is 1. The van der Waals surface area contributed by atoms with Gasteiger partial charge in [-0.3, -0.25) is 5.84 Å². The molecular formula is C16H18ClN3. The van der Waals surface area contributed by atoms with Crippen LogP contribution in [0.25, 0.3) is 11.1 Å². The van der Waals surface area contributed by atoms with Crippen LogP contribution in [0.4, 0.5) is 11.4 Å². The van der Waals surface area contributed by atoms with Crippen molar-refractivity contribution in [2.45, 2.75) is 12.8 Å². The van der Waals surface area contributed by atoms with E-state index < -0.39 is 0 Å². The van der Waals surface area contributed by atoms with Crippen LogP contribution in [0.2, 0.25) is 5.02 Å². The van der Waals surface area contributed by atoms with Crippen LogP contribution in [0, 0.1) is 5.92 Å². The Morgan fingerprint density at radius 3 is 2.50 bits per heavy atom. The van der Waals surface area contributed by atoms with E-state index in [2.05, 4.69) is 10.7 Å². The Morgan fingerprint density at radius 1 is 1.10 bits per heavy atom. The molecule has 0 aliphatic heterocycles. The maximum absolute atomic E-state index is 6.50. The second-order valence-corrected chi connectivity index (χ2v) is 5.56. The Morgan fingerprint density at radius 2 is 1.85 bits per heavy atom. The van der Waals surface area contributed by atoms with Gasteiger partial charge >= 0.3 is 0 Å². The monoisotopic (exact) mass is 287 g/mol. The quantitative estimate of drug-likeness (QED) is 0.573. The first-order chi connectivity index (χ1) is 9.79. The van der Waals surface area contributed by atoms with Crippen LogP contribution in [0.3, 0.4) is 0 Å². The molecule has 0 aromatic heterocycles. The zero-order valence-corrected chi connectivity index (χ0v) is 12.0. The fourth-order valence-electron chi connectivity index (χ4n) is 2.28. The summed E-state index contributed by atoms with van der Waals surface area (Å²) >= 11 is 6.50. The Kier molecular flexibility index (Phi) is 3.81. The zero-order valence-electron chi connectivity index (χ0n) is 11.2. The second kappa shape index (κ2) is 5.73. The van der Waals surface area contributed by atoms with Crippen LogP contribution in [0.1, 0.15) is 12.8 Å². The van der Waals surface area contributed by atoms with E-state index in [1.807, 2.05) is 42.5 Å². The Hall–Kier alpha value is -1.71. The van der Waals surface area contributed by atoms with Gasteiger partial charge in [0.25, 0.3) is 0 Å². The molecular weight excluding hydrogens is 270 g/mol. The SMILES string of the molecule is NNc1c(NCC2CC2)ccc(-c2ccccc2)c1Cl. The van der Waals surface area contributed by atoms with Gasteiger partial charge in [-0.25, -0.2) is 0 Å². The first kappa shape index (κ1) is 13.3. The summed E-state index contributed by atoms with van der Waals surface area (Å²) in [7, 11) is 0. The number of nitrogen functional groups attached to an aromatic ring is 1. The minimum Gasteiger partial charge on any atom is -0.383 e. The topological polar surface area (TPSA) is 50.1 Å². The first-order valence-corrected chi connectivity index (χ1v) is 7.26. The van der Waals surface area contributed by atoms with Crippen molar-refractivity contribution in [3.8, 4) is 11.1 Å². The predicted molar refractivity (Wildman–Crippen MR) is 85.9 cm³/mol. The third-order valence-corrected chi connectivity index (χ3v) is 4.04. The van der Waals surface area contributed by atoms with Gasteiger partial charge in [0.2, 0.25) is 0 Å². The lowest BCUT2D eigenvalue weighted by atomic mass is 10.0. The largest absolute Gasteiger partial charge is 0.383 e. The van der Waals surface area contributed by atoms with E-state index in [9.17, 15) is 0 Å². The summed E-state index contributed by atoms with van der Waals surface area (Å²) in [6.07, 6.45) is 2.63. The molecule has 0 unspecified atom stereocenters. The van der Waals surface area contributed by atoms with E-state index in [0.29, 0.717) is 5.02 Å². The maximum atomic E-state index is 6.50. The molecule has 4 N–H and O–H groups in total. The van der Waals surface area contributed by atoms with Gasteiger partial charge in [-0.05, 0) is 30.4 Å². The predicted octanol–water partition coefficient (Wildman–Crippen LogP) is 4.11. The van der Waals surface area contributed by atoms with Crippen molar-refractivity contribution in [3.63, 3.8) is 0 Å². The van der Waals surface area contributed by atoms with Crippen LogP contribution in [0.15, 0.2) is 42.5 Å². The lowest BCUT2D eigenvalue weighted by molar-refractivity contribution is 0.889. The molecule has 4 heteroatoms. The summed E-state index contributed by atoms with van der Waals surface area (Å²) < 4.78 is 0. The molecule has 0 amide bonds. The molecule has 0 spiro atoms. The van der Waals surface area contributed by atoms with Crippen LogP contribution in [0.5, 0.6) is 0 Å². The van der Waals surface area contributed by atoms with Crippen molar-refractivity contribution in [3.05, 3.63) is 47.5 Å². The normalized spacial score (nSPS) is 14.1. The summed E-state index contributed by atoms with van der Waals surface area (Å²) in [5.74, 6) is 6.45. The summed E-state index contributed by atoms with van der Waals surface area (Å²) in [5.41, 5.74) is 6.51. The van der Waals surface area contributed by atoms with E-state index >= 15 is 0 Å². The van der Waals surface area contributed by atoms with Crippen molar-refractivity contribution in [2.24, 2.45) is 11.8 Å². The molecule has 2 aromatic rings. The molecule has 1 aliphatic rings. The van der Waals surface area contributed by atoms with Crippen LogP contribution in [-0.4, -0.2) is 6.54 Å². The molecule has 1 aliphatic carbocycles. The third-order valence-electron chi connectivity index (χ3n) is 3.65. The lowest BCUT2D eigenvalue weighted by Crippen LogP contribution is -2.12. The Labute approximate surface area is 124 Å². The van der Waals surface area contributed by atoms with Crippen LogP contribution >= 0.6 is 11.6 Å². The first-order valence-electron chi connectivity index (χ1n) is 6.88. The van der Waals surface area contributed by atoms with Crippen LogP contribution < -0.4 is 16.6 Å². The van der Waals surface area contributed by atoms with Crippen molar-refractivity contribution < 1.29 is 0 Å². The number of hydrogen-bond donors (Lipinski definition) is 3. The molecule has 1 fully saturated rings. The van der Waals surface area contributed by atoms with Gasteiger partial charge in [-0.15, -0.1) is 0 Å². The molecule has 0 atom stereocenters. The maximum Gasteiger partial charge on any atom is 0.0913 e. The molecule has 3 nitrogen and oxygen atoms in total. The highest BCUT2D eigenvalue weighted by molar-refractivity contribution is 6.36. The Bertz CT molecular complexity index is 594. The van der Waals surface area contributed by atoms with Crippen molar-refractivity contribution in [1.29, 1.82) is 0 Å². The number of anilines is 2. The molecule has 0 heterocycles. The van der Waals surface area contributed by atoms with Gasteiger partial charge in [0, 0.05) is 12.1 Å². The Balaban J connectivity index is 1.93. The standard InChI is InChI=1S/C16H18ClN3/c17-15-13(12-4-2-1-3-5-12)8-9-14(16(15)20-18)19-10-11-6-7-11/h1-5,8-9,11,19-20H,6-7,10,18H2. The average Bonchev–Trinajstić information content (AvgIpc) is 3.30. The number of nitrogens with two attached hydrogens (primary N) is 1. The highest BCUT2D eigenvalue weighted by Crippen LogP contribution is 2.39. The van der Waals surface area contributed by atoms with E-state index in [1.165, 1.54) is 12.8 Å². The second-order valence-electron chi connectivity index (χ2n) is 5.18. The van der Waals surface area contributed by atoms with Crippen molar-refractivity contribution in [2.75, 3.05) is 17.3 Å². The minimum atomic E-state index is 0.652. The van der Waals surface area contributed by atoms with E-state index in [1.54, 1.807) is 0 Å². The van der Waals surface area contributed by atoms with Gasteiger partial charge < -0.3 is 10.7 Å². The molecule has 1 saturated carbocycles. The fourth-order valence-corrected chi connectivity index (χ4v) is 2.61. The van der Waals surface area contributed by atoms with Crippen LogP contribution in [-0.2, 0) is 0 Å². The summed E-state index contributed by atoms with van der Waals surface area (Å²) in [5, 5.41) is 4.07. The number of rotatable bonds is 5. The van der Waals surface area contributed by atoms with Gasteiger partial charge in [0.05, 0.1) is 16.4 Å². The van der Waals surface area contributed by atoms with E-state index in [4.69, 9.17) is 17.4 Å². The summed E-state index contributed by atoms with van der Waals surface area (Å²) in [6.45, 7) is 0.982. The lowest BCUT2D eigenvalue weighted by Gasteiger charge is -2.16. The fraction of sp³-hybridized carbons (Fsp3) is 0.250. The molecule has 3 rings (SSSR count). The van der Waals surface area contributed by atoms with Gasteiger partial charge in [0.1, 0.15) is 0 Å². The smallest absolute Gasteiger partial charge is 0.0913 e. The molecule has 2 aromatic carbocycles. The highest BCUT2D eigenvalue weighted by atomic mass is 35.5. The molecule has 0 radical (unpaired) electrons. The van der Waals surface area contributed by atoms with E-state index in [0.717, 1.165) is 35.0 Å². The zero-order chi connectivity index (χ0) is 13.9. The molecule has 20 heavy (non-hydrogen) atoms. The molecule has 104 valence electrons. The number of nitrogens with one attached hydrogen (secondary N) is 2. The van der Waals surface area contributed by atoms with Crippen molar-refractivity contribution >= 4 is 23.0 Å². The summed E-state index contributed by atoms with van der Waals surface area (Å²) in [6, 6.07) is 14.1. The number of benzene rings is 2. The highest BCUT2D eigenvalue weighted by Gasteiger charge is 2.21. The average molecular weight is 288 g/mol.